The molecule has 0 amide bonds. The quantitative estimate of drug-likeness (QED) is 0.289. The highest BCUT2D eigenvalue weighted by atomic mass is 32.1. The Kier molecular flexibility index (Phi) is 4.30. The van der Waals surface area contributed by atoms with Crippen LogP contribution >= 0.6 is 11.3 Å². The normalized spacial score (nSPS) is 12.6. The lowest BCUT2D eigenvalue weighted by Gasteiger charge is -2.16. The zero-order valence-corrected chi connectivity index (χ0v) is 19.3. The lowest BCUT2D eigenvalue weighted by atomic mass is 9.91. The van der Waals surface area contributed by atoms with E-state index in [1.165, 1.54) is 36.9 Å². The number of hydrogen-bond donors (Lipinski definition) is 0. The van der Waals surface area contributed by atoms with E-state index in [1.54, 1.807) is 0 Å². The van der Waals surface area contributed by atoms with Gasteiger partial charge in [0.25, 0.3) is 0 Å². The summed E-state index contributed by atoms with van der Waals surface area (Å²) in [5.74, 6) is 1.53. The van der Waals surface area contributed by atoms with Crippen molar-refractivity contribution >= 4 is 42.5 Å². The van der Waals surface area contributed by atoms with Gasteiger partial charge in [-0.25, -0.2) is 0 Å². The van der Waals surface area contributed by atoms with Crippen molar-refractivity contribution in [3.05, 3.63) is 65.5 Å². The summed E-state index contributed by atoms with van der Waals surface area (Å²) in [7, 11) is 0. The molecule has 0 aliphatic rings. The fourth-order valence-electron chi connectivity index (χ4n) is 4.51. The van der Waals surface area contributed by atoms with E-state index in [0.29, 0.717) is 5.92 Å². The van der Waals surface area contributed by atoms with E-state index in [9.17, 15) is 0 Å². The molecule has 152 valence electrons. The zero-order valence-electron chi connectivity index (χ0n) is 18.5. The van der Waals surface area contributed by atoms with E-state index in [2.05, 4.69) is 84.0 Å². The smallest absolute Gasteiger partial charge is 0.153 e. The van der Waals surface area contributed by atoms with E-state index in [-0.39, 0.29) is 5.41 Å². The second-order valence-electron chi connectivity index (χ2n) is 9.54. The second-order valence-corrected chi connectivity index (χ2v) is 10.6. The van der Waals surface area contributed by atoms with Crippen molar-refractivity contribution in [1.82, 2.24) is 4.98 Å². The average molecular weight is 414 g/mol. The Morgan fingerprint density at radius 2 is 1.73 bits per heavy atom. The maximum absolute atomic E-state index is 6.42. The van der Waals surface area contributed by atoms with E-state index in [0.717, 1.165) is 22.4 Å². The minimum Gasteiger partial charge on any atom is -0.459 e. The van der Waals surface area contributed by atoms with Gasteiger partial charge in [0, 0.05) is 28.1 Å². The van der Waals surface area contributed by atoms with E-state index >= 15 is 0 Å². The molecule has 0 fully saturated rings. The average Bonchev–Trinajstić information content (AvgIpc) is 3.23. The van der Waals surface area contributed by atoms with Crippen LogP contribution in [0.5, 0.6) is 0 Å². The van der Waals surface area contributed by atoms with Gasteiger partial charge in [0.05, 0.1) is 15.1 Å². The third-order valence-corrected chi connectivity index (χ3v) is 7.23. The summed E-state index contributed by atoms with van der Waals surface area (Å²) in [6.07, 6.45) is 1.92. The number of thiophene rings is 1. The van der Waals surface area contributed by atoms with Gasteiger partial charge in [-0.2, -0.15) is 0 Å². The molecule has 5 rings (SSSR count). The monoisotopic (exact) mass is 413 g/mol. The van der Waals surface area contributed by atoms with Gasteiger partial charge in [-0.1, -0.05) is 58.9 Å². The van der Waals surface area contributed by atoms with Crippen molar-refractivity contribution in [3.63, 3.8) is 0 Å². The highest BCUT2D eigenvalue weighted by molar-refractivity contribution is 7.26. The Balaban J connectivity index is 1.80. The first-order valence-corrected chi connectivity index (χ1v) is 11.4. The summed E-state index contributed by atoms with van der Waals surface area (Å²) < 4.78 is 8.87. The summed E-state index contributed by atoms with van der Waals surface area (Å²) in [6.45, 7) is 13.3. The SMILES string of the molecule is Cc1c(C(C)(C)C)oc2c1sc1c(-c3cc(C(C)C)c4ccccc4c3)nccc12. The minimum atomic E-state index is -0.00445. The largest absolute Gasteiger partial charge is 0.459 e. The number of nitrogens with zero attached hydrogens (tertiary/aromatic N) is 1. The van der Waals surface area contributed by atoms with Gasteiger partial charge in [0.1, 0.15) is 5.76 Å². The Labute approximate surface area is 181 Å². The zero-order chi connectivity index (χ0) is 21.2. The highest BCUT2D eigenvalue weighted by Crippen LogP contribution is 2.45. The molecule has 30 heavy (non-hydrogen) atoms. The standard InChI is InChI=1S/C27H27NOS/c1-15(2)21-14-18(13-17-9-7-8-10-19(17)21)22-25-20(11-12-28-22)23-24(30-25)16(3)26(29-23)27(4,5)6/h7-15H,1-6H3. The van der Waals surface area contributed by atoms with Gasteiger partial charge in [0.15, 0.2) is 5.58 Å². The molecule has 3 heteroatoms. The van der Waals surface area contributed by atoms with E-state index in [1.807, 2.05) is 17.5 Å². The highest BCUT2D eigenvalue weighted by Gasteiger charge is 2.26. The molecule has 5 aromatic rings. The van der Waals surface area contributed by atoms with Crippen LogP contribution in [-0.2, 0) is 5.41 Å². The van der Waals surface area contributed by atoms with Crippen LogP contribution in [0.1, 0.15) is 57.4 Å². The number of rotatable bonds is 2. The molecule has 0 aliphatic carbocycles. The van der Waals surface area contributed by atoms with Crippen molar-refractivity contribution < 1.29 is 4.42 Å². The summed E-state index contributed by atoms with van der Waals surface area (Å²) in [5.41, 5.74) is 5.86. The van der Waals surface area contributed by atoms with Crippen LogP contribution in [0, 0.1) is 6.92 Å². The minimum absolute atomic E-state index is 0.00445. The molecular weight excluding hydrogens is 386 g/mol. The number of fused-ring (bicyclic) bond motifs is 4. The summed E-state index contributed by atoms with van der Waals surface area (Å²) in [5, 5.41) is 3.76. The predicted molar refractivity (Wildman–Crippen MR) is 130 cm³/mol. The molecule has 0 atom stereocenters. The van der Waals surface area contributed by atoms with Gasteiger partial charge in [-0.15, -0.1) is 11.3 Å². The van der Waals surface area contributed by atoms with Crippen molar-refractivity contribution in [2.45, 2.75) is 52.9 Å². The molecule has 2 nitrogen and oxygen atoms in total. The number of aromatic nitrogens is 1. The first-order valence-electron chi connectivity index (χ1n) is 10.6. The fourth-order valence-corrected chi connectivity index (χ4v) is 5.74. The Bertz CT molecular complexity index is 1410. The number of benzene rings is 2. The molecule has 0 aliphatic heterocycles. The number of pyridine rings is 1. The topological polar surface area (TPSA) is 26.0 Å². The maximum atomic E-state index is 6.42. The summed E-state index contributed by atoms with van der Waals surface area (Å²) in [6, 6.07) is 15.3. The molecule has 3 heterocycles. The van der Waals surface area contributed by atoms with E-state index < -0.39 is 0 Å². The van der Waals surface area contributed by atoms with Gasteiger partial charge >= 0.3 is 0 Å². The molecule has 0 saturated carbocycles. The summed E-state index contributed by atoms with van der Waals surface area (Å²) >= 11 is 1.81. The first kappa shape index (κ1) is 19.3. The molecular formula is C27H27NOS. The molecule has 0 radical (unpaired) electrons. The maximum Gasteiger partial charge on any atom is 0.153 e. The third-order valence-electron chi connectivity index (χ3n) is 5.92. The number of furan rings is 1. The fraction of sp³-hybridized carbons (Fsp3) is 0.296. The van der Waals surface area contributed by atoms with Crippen LogP contribution < -0.4 is 0 Å². The van der Waals surface area contributed by atoms with Gasteiger partial charge < -0.3 is 4.42 Å². The van der Waals surface area contributed by atoms with Crippen LogP contribution in [0.2, 0.25) is 0 Å². The molecule has 0 bridgehead atoms. The molecule has 0 spiro atoms. The van der Waals surface area contributed by atoms with Crippen molar-refractivity contribution in [3.8, 4) is 11.3 Å². The Hall–Kier alpha value is -2.65. The van der Waals surface area contributed by atoms with Gasteiger partial charge in [0.2, 0.25) is 0 Å². The molecule has 0 N–H and O–H groups in total. The van der Waals surface area contributed by atoms with Gasteiger partial charge in [-0.05, 0) is 47.4 Å². The lowest BCUT2D eigenvalue weighted by Crippen LogP contribution is -2.10. The van der Waals surface area contributed by atoms with Crippen molar-refractivity contribution in [1.29, 1.82) is 0 Å². The van der Waals surface area contributed by atoms with Crippen molar-refractivity contribution in [2.75, 3.05) is 0 Å². The molecule has 0 unspecified atom stereocenters. The number of hydrogen-bond acceptors (Lipinski definition) is 3. The molecule has 0 saturated heterocycles. The van der Waals surface area contributed by atoms with Crippen LogP contribution in [0.4, 0.5) is 0 Å². The first-order chi connectivity index (χ1) is 14.3. The predicted octanol–water partition coefficient (Wildman–Crippen LogP) is 8.59. The van der Waals surface area contributed by atoms with E-state index in [4.69, 9.17) is 9.40 Å². The second kappa shape index (κ2) is 6.68. The van der Waals surface area contributed by atoms with Gasteiger partial charge in [-0.3, -0.25) is 4.98 Å². The van der Waals surface area contributed by atoms with Crippen molar-refractivity contribution in [2.24, 2.45) is 0 Å². The number of aryl methyl sites for hydroxylation is 1. The summed E-state index contributed by atoms with van der Waals surface area (Å²) in [4.78, 5) is 4.83. The molecule has 2 aromatic carbocycles. The Morgan fingerprint density at radius 1 is 0.967 bits per heavy atom. The van der Waals surface area contributed by atoms with Crippen LogP contribution in [0.3, 0.4) is 0 Å². The third kappa shape index (κ3) is 2.87. The molecule has 3 aromatic heterocycles. The lowest BCUT2D eigenvalue weighted by molar-refractivity contribution is 0.428. The Morgan fingerprint density at radius 3 is 2.47 bits per heavy atom. The van der Waals surface area contributed by atoms with Crippen LogP contribution in [0.25, 0.3) is 42.4 Å². The van der Waals surface area contributed by atoms with Crippen LogP contribution in [-0.4, -0.2) is 4.98 Å². The van der Waals surface area contributed by atoms with Crippen LogP contribution in [0.15, 0.2) is 53.1 Å².